The molecular weight excluding hydrogens is 432 g/mol. The summed E-state index contributed by atoms with van der Waals surface area (Å²) in [7, 11) is 3.68. The molecule has 1 aliphatic rings. The number of hydrogen-bond donors (Lipinski definition) is 2. The number of hydrogen-bond acceptors (Lipinski definition) is 7. The minimum absolute atomic E-state index is 0.262. The van der Waals surface area contributed by atoms with Gasteiger partial charge in [0.25, 0.3) is 0 Å². The Hall–Kier alpha value is -3.14. The Bertz CT molecular complexity index is 1270. The van der Waals surface area contributed by atoms with Gasteiger partial charge in [-0.3, -0.25) is 9.36 Å². The van der Waals surface area contributed by atoms with Crippen LogP contribution in [0.25, 0.3) is 22.3 Å². The molecule has 9 nitrogen and oxygen atoms in total. The number of aliphatic hydroxyl groups excluding tert-OH is 1. The second kappa shape index (κ2) is 8.42. The summed E-state index contributed by atoms with van der Waals surface area (Å²) < 4.78 is 14.9. The van der Waals surface area contributed by atoms with Gasteiger partial charge in [0.15, 0.2) is 5.65 Å². The normalized spacial score (nSPS) is 18.8. The van der Waals surface area contributed by atoms with Crippen molar-refractivity contribution in [2.24, 2.45) is 14.1 Å². The van der Waals surface area contributed by atoms with Crippen molar-refractivity contribution >= 4 is 34.3 Å². The molecule has 3 aromatic heterocycles. The van der Waals surface area contributed by atoms with E-state index in [-0.39, 0.29) is 12.7 Å². The largest absolute Gasteiger partial charge is 0.487 e. The molecule has 0 saturated carbocycles. The molecule has 0 aliphatic carbocycles. The fourth-order valence-corrected chi connectivity index (χ4v) is 3.95. The van der Waals surface area contributed by atoms with Crippen LogP contribution in [-0.2, 0) is 18.8 Å². The molecule has 0 spiro atoms. The molecule has 1 aromatic carbocycles. The van der Waals surface area contributed by atoms with Gasteiger partial charge in [-0.2, -0.15) is 10.2 Å². The van der Waals surface area contributed by atoms with Crippen molar-refractivity contribution in [2.45, 2.75) is 18.6 Å². The first-order valence-corrected chi connectivity index (χ1v) is 10.7. The molecule has 166 valence electrons. The Labute approximate surface area is 189 Å². The van der Waals surface area contributed by atoms with Gasteiger partial charge in [0, 0.05) is 43.2 Å². The van der Waals surface area contributed by atoms with Crippen LogP contribution in [0.1, 0.15) is 6.42 Å². The van der Waals surface area contributed by atoms with E-state index in [0.29, 0.717) is 35.3 Å². The minimum Gasteiger partial charge on any atom is -0.487 e. The molecule has 4 heterocycles. The maximum absolute atomic E-state index is 10.3. The highest BCUT2D eigenvalue weighted by molar-refractivity contribution is 6.30. The summed E-state index contributed by atoms with van der Waals surface area (Å²) in [4.78, 5) is 4.70. The van der Waals surface area contributed by atoms with Crippen molar-refractivity contribution in [1.29, 1.82) is 0 Å². The molecular formula is C22H23ClN6O3. The third-order valence-electron chi connectivity index (χ3n) is 5.47. The van der Waals surface area contributed by atoms with Crippen LogP contribution in [0.4, 0.5) is 11.6 Å². The van der Waals surface area contributed by atoms with E-state index in [2.05, 4.69) is 15.5 Å². The van der Waals surface area contributed by atoms with Crippen molar-refractivity contribution in [1.82, 2.24) is 24.5 Å². The highest BCUT2D eigenvalue weighted by Gasteiger charge is 2.27. The van der Waals surface area contributed by atoms with Crippen LogP contribution in [0.5, 0.6) is 5.75 Å². The number of halogens is 1. The average molecular weight is 455 g/mol. The maximum atomic E-state index is 10.3. The SMILES string of the molecule is Cn1nc(-c2cccc(Cl)c2)cc1Nc1cc(O[C@@H]2CCOC[C@@H]2O)c2cnn(C)c2n1. The molecule has 1 saturated heterocycles. The zero-order valence-corrected chi connectivity index (χ0v) is 18.5. The molecule has 10 heteroatoms. The van der Waals surface area contributed by atoms with E-state index < -0.39 is 6.10 Å². The Balaban J connectivity index is 1.47. The number of aliphatic hydroxyl groups is 1. The number of fused-ring (bicyclic) bond motifs is 1. The van der Waals surface area contributed by atoms with E-state index >= 15 is 0 Å². The highest BCUT2D eigenvalue weighted by atomic mass is 35.5. The van der Waals surface area contributed by atoms with Crippen molar-refractivity contribution in [2.75, 3.05) is 18.5 Å². The molecule has 1 aliphatic heterocycles. The van der Waals surface area contributed by atoms with E-state index in [4.69, 9.17) is 26.1 Å². The number of rotatable bonds is 5. The predicted octanol–water partition coefficient (Wildman–Crippen LogP) is 3.29. The average Bonchev–Trinajstić information content (AvgIpc) is 3.33. The summed E-state index contributed by atoms with van der Waals surface area (Å²) in [5.74, 6) is 1.94. The van der Waals surface area contributed by atoms with Gasteiger partial charge in [0.1, 0.15) is 29.6 Å². The van der Waals surface area contributed by atoms with Gasteiger partial charge in [-0.25, -0.2) is 4.98 Å². The number of nitrogens with one attached hydrogen (secondary N) is 1. The molecule has 0 radical (unpaired) electrons. The molecule has 2 N–H and O–H groups in total. The first-order valence-electron chi connectivity index (χ1n) is 10.3. The predicted molar refractivity (Wildman–Crippen MR) is 121 cm³/mol. The van der Waals surface area contributed by atoms with Crippen molar-refractivity contribution in [3.05, 3.63) is 47.6 Å². The zero-order valence-electron chi connectivity index (χ0n) is 17.7. The molecule has 1 fully saturated rings. The lowest BCUT2D eigenvalue weighted by atomic mass is 10.1. The first kappa shape index (κ1) is 20.7. The topological polar surface area (TPSA) is 99.3 Å². The smallest absolute Gasteiger partial charge is 0.163 e. The van der Waals surface area contributed by atoms with Crippen LogP contribution in [-0.4, -0.2) is 55.1 Å². The fourth-order valence-electron chi connectivity index (χ4n) is 3.76. The molecule has 5 rings (SSSR count). The van der Waals surface area contributed by atoms with E-state index in [1.54, 1.807) is 15.6 Å². The third-order valence-corrected chi connectivity index (χ3v) is 5.70. The third kappa shape index (κ3) is 4.02. The number of anilines is 2. The second-order valence-corrected chi connectivity index (χ2v) is 8.21. The van der Waals surface area contributed by atoms with Gasteiger partial charge in [-0.15, -0.1) is 0 Å². The monoisotopic (exact) mass is 454 g/mol. The summed E-state index contributed by atoms with van der Waals surface area (Å²) in [6.45, 7) is 0.813. The molecule has 4 aromatic rings. The van der Waals surface area contributed by atoms with Gasteiger partial charge < -0.3 is 19.9 Å². The number of nitrogens with zero attached hydrogens (tertiary/aromatic N) is 5. The number of benzene rings is 1. The minimum atomic E-state index is -0.683. The van der Waals surface area contributed by atoms with Crippen LogP contribution in [0, 0.1) is 0 Å². The highest BCUT2D eigenvalue weighted by Crippen LogP contribution is 2.32. The number of pyridine rings is 1. The maximum Gasteiger partial charge on any atom is 0.163 e. The summed E-state index contributed by atoms with van der Waals surface area (Å²) in [6.07, 6.45) is 1.29. The summed E-state index contributed by atoms with van der Waals surface area (Å²) in [5.41, 5.74) is 2.39. The molecule has 0 bridgehead atoms. The van der Waals surface area contributed by atoms with Crippen LogP contribution >= 0.6 is 11.6 Å². The van der Waals surface area contributed by atoms with Gasteiger partial charge in [0.2, 0.25) is 0 Å². The van der Waals surface area contributed by atoms with E-state index in [9.17, 15) is 5.11 Å². The van der Waals surface area contributed by atoms with Crippen molar-refractivity contribution < 1.29 is 14.6 Å². The number of ether oxygens (including phenoxy) is 2. The van der Waals surface area contributed by atoms with E-state index in [1.165, 1.54) is 0 Å². The van der Waals surface area contributed by atoms with Crippen molar-refractivity contribution in [3.63, 3.8) is 0 Å². The standard InChI is InChI=1S/C22H23ClN6O3/c1-28-21(9-16(27-28)13-4-3-5-14(23)8-13)25-20-10-19(15-11-24-29(2)22(15)26-20)32-18-6-7-31-12-17(18)30/h3-5,8-11,17-18,30H,6-7,12H2,1-2H3,(H,25,26)/t17-,18+/m0/s1. The van der Waals surface area contributed by atoms with Gasteiger partial charge in [-0.1, -0.05) is 23.7 Å². The quantitative estimate of drug-likeness (QED) is 0.477. The van der Waals surface area contributed by atoms with Crippen LogP contribution in [0.2, 0.25) is 5.02 Å². The Kier molecular flexibility index (Phi) is 5.46. The molecule has 32 heavy (non-hydrogen) atoms. The summed E-state index contributed by atoms with van der Waals surface area (Å²) in [6, 6.07) is 11.3. The summed E-state index contributed by atoms with van der Waals surface area (Å²) in [5, 5.41) is 23.9. The number of aromatic nitrogens is 5. The van der Waals surface area contributed by atoms with Gasteiger partial charge in [0.05, 0.1) is 30.5 Å². The van der Waals surface area contributed by atoms with Gasteiger partial charge >= 0.3 is 0 Å². The number of aryl methyl sites for hydroxylation is 2. The second-order valence-electron chi connectivity index (χ2n) is 7.77. The molecule has 2 atom stereocenters. The fraction of sp³-hybridized carbons (Fsp3) is 0.318. The lowest BCUT2D eigenvalue weighted by Gasteiger charge is -2.28. The zero-order chi connectivity index (χ0) is 22.2. The Morgan fingerprint density at radius 1 is 1.22 bits per heavy atom. The van der Waals surface area contributed by atoms with Gasteiger partial charge in [-0.05, 0) is 12.1 Å². The van der Waals surface area contributed by atoms with E-state index in [0.717, 1.165) is 22.5 Å². The summed E-state index contributed by atoms with van der Waals surface area (Å²) >= 11 is 6.13. The first-order chi connectivity index (χ1) is 15.5. The van der Waals surface area contributed by atoms with E-state index in [1.807, 2.05) is 50.5 Å². The van der Waals surface area contributed by atoms with Crippen LogP contribution < -0.4 is 10.1 Å². The van der Waals surface area contributed by atoms with Crippen LogP contribution in [0.3, 0.4) is 0 Å². The molecule has 0 unspecified atom stereocenters. The molecule has 0 amide bonds. The van der Waals surface area contributed by atoms with Crippen LogP contribution in [0.15, 0.2) is 42.6 Å². The Morgan fingerprint density at radius 3 is 2.91 bits per heavy atom. The lowest BCUT2D eigenvalue weighted by molar-refractivity contribution is -0.0746. The lowest BCUT2D eigenvalue weighted by Crippen LogP contribution is -2.40. The Morgan fingerprint density at radius 2 is 2.09 bits per heavy atom. The van der Waals surface area contributed by atoms with Crippen molar-refractivity contribution in [3.8, 4) is 17.0 Å².